The summed E-state index contributed by atoms with van der Waals surface area (Å²) in [6, 6.07) is 0. The molecule has 1 aromatic heterocycles. The summed E-state index contributed by atoms with van der Waals surface area (Å²) in [6.07, 6.45) is 4.16. The van der Waals surface area contributed by atoms with Gasteiger partial charge < -0.3 is 0 Å². The van der Waals surface area contributed by atoms with Gasteiger partial charge in [0.2, 0.25) is 0 Å². The van der Waals surface area contributed by atoms with Gasteiger partial charge in [0.25, 0.3) is 0 Å². The number of hydrogen-bond acceptors (Lipinski definition) is 2. The molecule has 0 N–H and O–H groups in total. The van der Waals surface area contributed by atoms with E-state index in [1.54, 1.807) is 11.3 Å². The highest BCUT2D eigenvalue weighted by molar-refractivity contribution is 9.09. The summed E-state index contributed by atoms with van der Waals surface area (Å²) in [4.78, 5) is 4.15. The van der Waals surface area contributed by atoms with Gasteiger partial charge in [0.05, 0.1) is 5.01 Å². The molecule has 0 radical (unpaired) electrons. The minimum absolute atomic E-state index is 1.08. The Morgan fingerprint density at radius 1 is 1.67 bits per heavy atom. The molecule has 9 heavy (non-hydrogen) atoms. The third-order valence-electron chi connectivity index (χ3n) is 1.01. The monoisotopic (exact) mass is 205 g/mol. The smallest absolute Gasteiger partial charge is 0.0925 e. The van der Waals surface area contributed by atoms with Crippen LogP contribution in [0.15, 0.2) is 11.6 Å². The van der Waals surface area contributed by atoms with Crippen molar-refractivity contribution in [2.75, 3.05) is 5.33 Å². The molecule has 0 aromatic carbocycles. The van der Waals surface area contributed by atoms with Crippen molar-refractivity contribution in [2.45, 2.75) is 12.8 Å². The molecule has 0 saturated heterocycles. The van der Waals surface area contributed by atoms with Gasteiger partial charge in [0.1, 0.15) is 0 Å². The zero-order valence-corrected chi connectivity index (χ0v) is 7.41. The van der Waals surface area contributed by atoms with Gasteiger partial charge in [-0.1, -0.05) is 15.9 Å². The first-order chi connectivity index (χ1) is 4.43. The molecule has 50 valence electrons. The van der Waals surface area contributed by atoms with Crippen LogP contribution in [0.3, 0.4) is 0 Å². The van der Waals surface area contributed by atoms with E-state index < -0.39 is 0 Å². The number of aryl methyl sites for hydroxylation is 1. The zero-order chi connectivity index (χ0) is 6.53. The minimum atomic E-state index is 1.08. The van der Waals surface area contributed by atoms with Crippen LogP contribution < -0.4 is 0 Å². The van der Waals surface area contributed by atoms with Crippen molar-refractivity contribution >= 4 is 27.3 Å². The molecular weight excluding hydrogens is 198 g/mol. The van der Waals surface area contributed by atoms with Gasteiger partial charge >= 0.3 is 0 Å². The van der Waals surface area contributed by atoms with Crippen LogP contribution in [-0.2, 0) is 6.42 Å². The number of thiazole rings is 1. The average Bonchev–Trinajstić information content (AvgIpc) is 2.34. The SMILES string of the molecule is BrCCCc1nccs1. The highest BCUT2D eigenvalue weighted by Crippen LogP contribution is 2.06. The molecule has 3 heteroatoms. The standard InChI is InChI=1S/C6H8BrNS/c7-3-1-2-6-8-4-5-9-6/h4-5H,1-3H2. The lowest BCUT2D eigenvalue weighted by Gasteiger charge is -1.88. The fourth-order valence-electron chi connectivity index (χ4n) is 0.594. The summed E-state index contributed by atoms with van der Waals surface area (Å²) in [5.41, 5.74) is 0. The maximum absolute atomic E-state index is 4.15. The Bertz CT molecular complexity index is 150. The third-order valence-corrected chi connectivity index (χ3v) is 2.41. The van der Waals surface area contributed by atoms with Crippen molar-refractivity contribution in [2.24, 2.45) is 0 Å². The largest absolute Gasteiger partial charge is 0.250 e. The molecule has 0 unspecified atom stereocenters. The lowest BCUT2D eigenvalue weighted by atomic mass is 10.4. The molecule has 0 amide bonds. The molecule has 0 bridgehead atoms. The van der Waals surface area contributed by atoms with E-state index >= 15 is 0 Å². The first kappa shape index (κ1) is 7.22. The zero-order valence-electron chi connectivity index (χ0n) is 5.01. The topological polar surface area (TPSA) is 12.9 Å². The molecule has 0 aliphatic carbocycles. The Labute approximate surface area is 67.3 Å². The Kier molecular flexibility index (Phi) is 3.22. The summed E-state index contributed by atoms with van der Waals surface area (Å²) in [5, 5.41) is 4.34. The first-order valence-corrected chi connectivity index (χ1v) is 4.88. The molecule has 0 atom stereocenters. The van der Waals surface area contributed by atoms with Crippen LogP contribution in [0.1, 0.15) is 11.4 Å². The van der Waals surface area contributed by atoms with Crippen molar-refractivity contribution in [1.29, 1.82) is 0 Å². The second-order valence-corrected chi connectivity index (χ2v) is 3.49. The highest BCUT2D eigenvalue weighted by Gasteiger charge is 1.91. The molecule has 1 aromatic rings. The van der Waals surface area contributed by atoms with E-state index in [0.717, 1.165) is 11.8 Å². The molecule has 1 heterocycles. The van der Waals surface area contributed by atoms with Crippen molar-refractivity contribution in [3.63, 3.8) is 0 Å². The Hall–Kier alpha value is 0.110. The van der Waals surface area contributed by atoms with Crippen molar-refractivity contribution < 1.29 is 0 Å². The summed E-state index contributed by atoms with van der Waals surface area (Å²) in [7, 11) is 0. The van der Waals surface area contributed by atoms with Gasteiger partial charge in [0, 0.05) is 23.3 Å². The second kappa shape index (κ2) is 4.01. The van der Waals surface area contributed by atoms with Crippen LogP contribution in [0.25, 0.3) is 0 Å². The molecule has 1 rings (SSSR count). The molecular formula is C6H8BrNS. The van der Waals surface area contributed by atoms with Gasteiger partial charge in [-0.05, 0) is 6.42 Å². The van der Waals surface area contributed by atoms with Gasteiger partial charge in [0.15, 0.2) is 0 Å². The van der Waals surface area contributed by atoms with Crippen molar-refractivity contribution in [3.05, 3.63) is 16.6 Å². The Morgan fingerprint density at radius 2 is 2.56 bits per heavy atom. The number of alkyl halides is 1. The summed E-state index contributed by atoms with van der Waals surface area (Å²) < 4.78 is 0. The Morgan fingerprint density at radius 3 is 3.11 bits per heavy atom. The Balaban J connectivity index is 2.30. The van der Waals surface area contributed by atoms with E-state index in [-0.39, 0.29) is 0 Å². The predicted molar refractivity (Wildman–Crippen MR) is 44.2 cm³/mol. The van der Waals surface area contributed by atoms with E-state index in [9.17, 15) is 0 Å². The van der Waals surface area contributed by atoms with Crippen LogP contribution in [-0.4, -0.2) is 10.3 Å². The molecule has 0 saturated carbocycles. The first-order valence-electron chi connectivity index (χ1n) is 2.88. The summed E-state index contributed by atoms with van der Waals surface area (Å²) in [6.45, 7) is 0. The van der Waals surface area contributed by atoms with Gasteiger partial charge in [-0.2, -0.15) is 0 Å². The number of rotatable bonds is 3. The normalized spacial score (nSPS) is 9.89. The minimum Gasteiger partial charge on any atom is -0.250 e. The number of nitrogens with zero attached hydrogens (tertiary/aromatic N) is 1. The van der Waals surface area contributed by atoms with Gasteiger partial charge in [-0.3, -0.25) is 0 Å². The van der Waals surface area contributed by atoms with Crippen LogP contribution in [0.5, 0.6) is 0 Å². The average molecular weight is 206 g/mol. The predicted octanol–water partition coefficient (Wildman–Crippen LogP) is 2.47. The van der Waals surface area contributed by atoms with E-state index in [2.05, 4.69) is 20.9 Å². The molecule has 0 spiro atoms. The van der Waals surface area contributed by atoms with Crippen molar-refractivity contribution in [3.8, 4) is 0 Å². The molecule has 1 nitrogen and oxygen atoms in total. The van der Waals surface area contributed by atoms with E-state index in [4.69, 9.17) is 0 Å². The van der Waals surface area contributed by atoms with Gasteiger partial charge in [-0.25, -0.2) is 4.98 Å². The van der Waals surface area contributed by atoms with Gasteiger partial charge in [-0.15, -0.1) is 11.3 Å². The number of aromatic nitrogens is 1. The lowest BCUT2D eigenvalue weighted by Crippen LogP contribution is -1.82. The van der Waals surface area contributed by atoms with E-state index in [1.165, 1.54) is 11.4 Å². The van der Waals surface area contributed by atoms with Crippen LogP contribution >= 0.6 is 27.3 Å². The molecule has 0 fully saturated rings. The number of hydrogen-bond donors (Lipinski definition) is 0. The second-order valence-electron chi connectivity index (χ2n) is 1.72. The van der Waals surface area contributed by atoms with Crippen molar-refractivity contribution in [1.82, 2.24) is 4.98 Å². The highest BCUT2D eigenvalue weighted by atomic mass is 79.9. The summed E-state index contributed by atoms with van der Waals surface area (Å²) in [5.74, 6) is 0. The quantitative estimate of drug-likeness (QED) is 0.692. The maximum atomic E-state index is 4.15. The number of halogens is 1. The van der Waals surface area contributed by atoms with Crippen LogP contribution in [0, 0.1) is 0 Å². The molecule has 0 aliphatic rings. The third kappa shape index (κ3) is 2.45. The lowest BCUT2D eigenvalue weighted by molar-refractivity contribution is 0.925. The van der Waals surface area contributed by atoms with E-state index in [1.807, 2.05) is 11.6 Å². The van der Waals surface area contributed by atoms with E-state index in [0.29, 0.717) is 0 Å². The summed E-state index contributed by atoms with van der Waals surface area (Å²) >= 11 is 5.10. The molecule has 0 aliphatic heterocycles. The fourth-order valence-corrected chi connectivity index (χ4v) is 1.54. The van der Waals surface area contributed by atoms with Crippen LogP contribution in [0.2, 0.25) is 0 Å². The van der Waals surface area contributed by atoms with Crippen LogP contribution in [0.4, 0.5) is 0 Å². The maximum Gasteiger partial charge on any atom is 0.0925 e. The fraction of sp³-hybridized carbons (Fsp3) is 0.500.